The van der Waals surface area contributed by atoms with Gasteiger partial charge in [0.25, 0.3) is 0 Å². The molecule has 1 aromatic rings. The van der Waals surface area contributed by atoms with Gasteiger partial charge in [-0.2, -0.15) is 0 Å². The standard InChI is InChI=1S/C17H30N2/c1-6-8-15(4)19(5)17-10-9-16(12-14(17)3)13-18-11-7-2/h9-10,12,15,18H,6-8,11,13H2,1-5H3. The molecule has 0 amide bonds. The van der Waals surface area contributed by atoms with Crippen molar-refractivity contribution in [3.05, 3.63) is 29.3 Å². The summed E-state index contributed by atoms with van der Waals surface area (Å²) in [4.78, 5) is 2.40. The third kappa shape index (κ3) is 4.87. The molecule has 0 bridgehead atoms. The summed E-state index contributed by atoms with van der Waals surface area (Å²) in [6.07, 6.45) is 3.67. The maximum absolute atomic E-state index is 3.46. The Labute approximate surface area is 119 Å². The number of hydrogen-bond donors (Lipinski definition) is 1. The molecule has 1 rings (SSSR count). The van der Waals surface area contributed by atoms with E-state index in [1.807, 2.05) is 0 Å². The van der Waals surface area contributed by atoms with Crippen LogP contribution in [0.25, 0.3) is 0 Å². The molecule has 0 spiro atoms. The third-order valence-corrected chi connectivity index (χ3v) is 3.76. The molecule has 0 aromatic heterocycles. The van der Waals surface area contributed by atoms with Gasteiger partial charge in [-0.05, 0) is 50.4 Å². The second-order valence-electron chi connectivity index (χ2n) is 5.55. The summed E-state index contributed by atoms with van der Waals surface area (Å²) in [6, 6.07) is 7.44. The topological polar surface area (TPSA) is 15.3 Å². The molecule has 1 atom stereocenters. The van der Waals surface area contributed by atoms with E-state index >= 15 is 0 Å². The van der Waals surface area contributed by atoms with E-state index in [4.69, 9.17) is 0 Å². The molecule has 19 heavy (non-hydrogen) atoms. The Bertz CT molecular complexity index is 374. The lowest BCUT2D eigenvalue weighted by Crippen LogP contribution is -2.29. The highest BCUT2D eigenvalue weighted by molar-refractivity contribution is 5.54. The first-order chi connectivity index (χ1) is 9.10. The molecule has 1 N–H and O–H groups in total. The van der Waals surface area contributed by atoms with Crippen LogP contribution in [-0.2, 0) is 6.54 Å². The zero-order chi connectivity index (χ0) is 14.3. The van der Waals surface area contributed by atoms with Crippen molar-refractivity contribution >= 4 is 5.69 Å². The fourth-order valence-electron chi connectivity index (χ4n) is 2.48. The third-order valence-electron chi connectivity index (χ3n) is 3.76. The number of rotatable bonds is 8. The fraction of sp³-hybridized carbons (Fsp3) is 0.647. The van der Waals surface area contributed by atoms with Gasteiger partial charge in [-0.15, -0.1) is 0 Å². The Morgan fingerprint density at radius 3 is 2.53 bits per heavy atom. The number of aryl methyl sites for hydroxylation is 1. The summed E-state index contributed by atoms with van der Waals surface area (Å²) in [5.74, 6) is 0. The number of nitrogens with one attached hydrogen (secondary N) is 1. The Balaban J connectivity index is 2.70. The zero-order valence-corrected chi connectivity index (χ0v) is 13.3. The highest BCUT2D eigenvalue weighted by atomic mass is 15.1. The molecule has 108 valence electrons. The Kier molecular flexibility index (Phi) is 6.93. The highest BCUT2D eigenvalue weighted by Crippen LogP contribution is 2.23. The number of anilines is 1. The van der Waals surface area contributed by atoms with Gasteiger partial charge in [0.2, 0.25) is 0 Å². The van der Waals surface area contributed by atoms with Crippen molar-refractivity contribution < 1.29 is 0 Å². The van der Waals surface area contributed by atoms with Crippen LogP contribution in [0.5, 0.6) is 0 Å². The van der Waals surface area contributed by atoms with Crippen LogP contribution in [0, 0.1) is 6.92 Å². The second kappa shape index (κ2) is 8.21. The predicted molar refractivity (Wildman–Crippen MR) is 85.9 cm³/mol. The first-order valence-electron chi connectivity index (χ1n) is 7.63. The summed E-state index contributed by atoms with van der Waals surface area (Å²) >= 11 is 0. The van der Waals surface area contributed by atoms with Crippen LogP contribution >= 0.6 is 0 Å². The van der Waals surface area contributed by atoms with Crippen molar-refractivity contribution in [3.63, 3.8) is 0 Å². The average Bonchev–Trinajstić information content (AvgIpc) is 2.39. The molecular weight excluding hydrogens is 232 g/mol. The highest BCUT2D eigenvalue weighted by Gasteiger charge is 2.11. The molecule has 0 aliphatic rings. The van der Waals surface area contributed by atoms with Gasteiger partial charge in [0, 0.05) is 25.3 Å². The van der Waals surface area contributed by atoms with Gasteiger partial charge in [0.15, 0.2) is 0 Å². The van der Waals surface area contributed by atoms with Gasteiger partial charge in [0.1, 0.15) is 0 Å². The molecule has 2 heteroatoms. The largest absolute Gasteiger partial charge is 0.372 e. The molecule has 0 fully saturated rings. The van der Waals surface area contributed by atoms with Crippen molar-refractivity contribution in [2.45, 2.75) is 59.5 Å². The second-order valence-corrected chi connectivity index (χ2v) is 5.55. The van der Waals surface area contributed by atoms with Gasteiger partial charge in [-0.1, -0.05) is 32.4 Å². The van der Waals surface area contributed by atoms with E-state index in [1.165, 1.54) is 36.1 Å². The van der Waals surface area contributed by atoms with E-state index in [-0.39, 0.29) is 0 Å². The molecule has 1 unspecified atom stereocenters. The summed E-state index contributed by atoms with van der Waals surface area (Å²) in [5, 5.41) is 3.46. The molecule has 1 aromatic carbocycles. The Morgan fingerprint density at radius 1 is 1.21 bits per heavy atom. The first kappa shape index (κ1) is 16.0. The number of benzene rings is 1. The fourth-order valence-corrected chi connectivity index (χ4v) is 2.48. The number of hydrogen-bond acceptors (Lipinski definition) is 2. The maximum Gasteiger partial charge on any atom is 0.0395 e. The normalized spacial score (nSPS) is 12.5. The van der Waals surface area contributed by atoms with Crippen molar-refractivity contribution in [2.75, 3.05) is 18.5 Å². The van der Waals surface area contributed by atoms with E-state index in [9.17, 15) is 0 Å². The van der Waals surface area contributed by atoms with Gasteiger partial charge in [-0.3, -0.25) is 0 Å². The van der Waals surface area contributed by atoms with E-state index in [0.29, 0.717) is 6.04 Å². The molecule has 0 aliphatic heterocycles. The lowest BCUT2D eigenvalue weighted by atomic mass is 10.1. The van der Waals surface area contributed by atoms with E-state index < -0.39 is 0 Å². The quantitative estimate of drug-likeness (QED) is 0.709. The van der Waals surface area contributed by atoms with Crippen LogP contribution in [-0.4, -0.2) is 19.6 Å². The van der Waals surface area contributed by atoms with E-state index in [2.05, 4.69) is 63.2 Å². The molecule has 0 saturated heterocycles. The number of nitrogens with zero attached hydrogens (tertiary/aromatic N) is 1. The average molecular weight is 262 g/mol. The van der Waals surface area contributed by atoms with Crippen LogP contribution in [0.4, 0.5) is 5.69 Å². The smallest absolute Gasteiger partial charge is 0.0395 e. The summed E-state index contributed by atoms with van der Waals surface area (Å²) < 4.78 is 0. The van der Waals surface area contributed by atoms with Gasteiger partial charge >= 0.3 is 0 Å². The minimum Gasteiger partial charge on any atom is -0.372 e. The SMILES string of the molecule is CCCNCc1ccc(N(C)C(C)CCC)c(C)c1. The molecule has 0 saturated carbocycles. The Hall–Kier alpha value is -1.02. The molecule has 0 radical (unpaired) electrons. The van der Waals surface area contributed by atoms with Crippen LogP contribution in [0.3, 0.4) is 0 Å². The zero-order valence-electron chi connectivity index (χ0n) is 13.3. The van der Waals surface area contributed by atoms with Crippen LogP contribution in [0.1, 0.15) is 51.2 Å². The molecule has 0 heterocycles. The lowest BCUT2D eigenvalue weighted by molar-refractivity contribution is 0.615. The van der Waals surface area contributed by atoms with Gasteiger partial charge in [-0.25, -0.2) is 0 Å². The predicted octanol–water partition coefficient (Wildman–Crippen LogP) is 4.12. The van der Waals surface area contributed by atoms with Crippen LogP contribution in [0.2, 0.25) is 0 Å². The van der Waals surface area contributed by atoms with Crippen LogP contribution < -0.4 is 10.2 Å². The molecule has 0 aliphatic carbocycles. The minimum atomic E-state index is 0.604. The molecular formula is C17H30N2. The monoisotopic (exact) mass is 262 g/mol. The summed E-state index contributed by atoms with van der Waals surface area (Å²) in [6.45, 7) is 11.0. The van der Waals surface area contributed by atoms with Gasteiger partial charge in [0.05, 0.1) is 0 Å². The van der Waals surface area contributed by atoms with Crippen molar-refractivity contribution in [1.29, 1.82) is 0 Å². The summed E-state index contributed by atoms with van der Waals surface area (Å²) in [7, 11) is 2.21. The minimum absolute atomic E-state index is 0.604. The maximum atomic E-state index is 3.46. The molecule has 2 nitrogen and oxygen atoms in total. The van der Waals surface area contributed by atoms with Gasteiger partial charge < -0.3 is 10.2 Å². The van der Waals surface area contributed by atoms with Crippen molar-refractivity contribution in [2.24, 2.45) is 0 Å². The van der Waals surface area contributed by atoms with E-state index in [0.717, 1.165) is 13.1 Å². The van der Waals surface area contributed by atoms with Crippen molar-refractivity contribution in [1.82, 2.24) is 5.32 Å². The van der Waals surface area contributed by atoms with Crippen LogP contribution in [0.15, 0.2) is 18.2 Å². The van der Waals surface area contributed by atoms with Crippen molar-refractivity contribution in [3.8, 4) is 0 Å². The Morgan fingerprint density at radius 2 is 1.95 bits per heavy atom. The lowest BCUT2D eigenvalue weighted by Gasteiger charge is -2.28. The van der Waals surface area contributed by atoms with E-state index in [1.54, 1.807) is 0 Å². The first-order valence-corrected chi connectivity index (χ1v) is 7.63. The summed E-state index contributed by atoms with van der Waals surface area (Å²) in [5.41, 5.74) is 4.12.